The zero-order valence-corrected chi connectivity index (χ0v) is 20.3. The van der Waals surface area contributed by atoms with E-state index in [0.29, 0.717) is 11.9 Å². The highest BCUT2D eigenvalue weighted by atomic mass is 19.1. The van der Waals surface area contributed by atoms with Crippen molar-refractivity contribution < 1.29 is 8.78 Å². The molecule has 1 saturated heterocycles. The van der Waals surface area contributed by atoms with Crippen LogP contribution in [-0.2, 0) is 13.0 Å². The highest BCUT2D eigenvalue weighted by molar-refractivity contribution is 5.78. The van der Waals surface area contributed by atoms with Gasteiger partial charge in [-0.15, -0.1) is 0 Å². The number of halogens is 2. The summed E-state index contributed by atoms with van der Waals surface area (Å²) < 4.78 is 29.5. The highest BCUT2D eigenvalue weighted by Crippen LogP contribution is 2.32. The highest BCUT2D eigenvalue weighted by Gasteiger charge is 2.19. The van der Waals surface area contributed by atoms with E-state index in [-0.39, 0.29) is 11.6 Å². The Kier molecular flexibility index (Phi) is 6.50. The minimum Gasteiger partial charge on any atom is -0.340 e. The summed E-state index contributed by atoms with van der Waals surface area (Å²) in [7, 11) is 0. The molecule has 8 nitrogen and oxygen atoms in total. The summed E-state index contributed by atoms with van der Waals surface area (Å²) in [5.41, 5.74) is 5.40. The summed E-state index contributed by atoms with van der Waals surface area (Å²) in [6, 6.07) is 9.89. The number of fused-ring (bicyclic) bond motifs is 1. The zero-order valence-electron chi connectivity index (χ0n) is 20.3. The molecule has 0 saturated carbocycles. The molecular weight excluding hydrogens is 474 g/mol. The molecule has 1 fully saturated rings. The Morgan fingerprint density at radius 3 is 2.54 bits per heavy atom. The lowest BCUT2D eigenvalue weighted by molar-refractivity contribution is 0.343. The van der Waals surface area contributed by atoms with Crippen molar-refractivity contribution in [3.8, 4) is 11.1 Å². The fourth-order valence-electron chi connectivity index (χ4n) is 4.95. The Hall–Kier alpha value is -3.89. The van der Waals surface area contributed by atoms with Crippen molar-refractivity contribution >= 4 is 23.1 Å². The van der Waals surface area contributed by atoms with E-state index >= 15 is 0 Å². The van der Waals surface area contributed by atoms with E-state index in [1.807, 2.05) is 23.1 Å². The molecule has 0 spiro atoms. The molecule has 4 heterocycles. The Labute approximate surface area is 213 Å². The first-order valence-electron chi connectivity index (χ1n) is 12.6. The predicted molar refractivity (Wildman–Crippen MR) is 139 cm³/mol. The van der Waals surface area contributed by atoms with Crippen molar-refractivity contribution in [3.05, 3.63) is 77.8 Å². The van der Waals surface area contributed by atoms with E-state index in [9.17, 15) is 8.78 Å². The second-order valence-electron chi connectivity index (χ2n) is 9.46. The number of rotatable bonds is 6. The van der Waals surface area contributed by atoms with Gasteiger partial charge in [0.2, 0.25) is 5.95 Å². The topological polar surface area (TPSA) is 91.7 Å². The minimum atomic E-state index is -0.675. The van der Waals surface area contributed by atoms with Gasteiger partial charge in [0.1, 0.15) is 17.5 Å². The zero-order chi connectivity index (χ0) is 25.2. The lowest BCUT2D eigenvalue weighted by Gasteiger charge is -2.22. The normalized spacial score (nSPS) is 15.8. The Morgan fingerprint density at radius 1 is 0.865 bits per heavy atom. The van der Waals surface area contributed by atoms with E-state index in [4.69, 9.17) is 4.98 Å². The summed E-state index contributed by atoms with van der Waals surface area (Å²) in [5.74, 6) is -0.555. The first kappa shape index (κ1) is 23.5. The molecule has 190 valence electrons. The number of aromatic nitrogens is 4. The molecule has 0 radical (unpaired) electrons. The van der Waals surface area contributed by atoms with Crippen LogP contribution >= 0.6 is 0 Å². The predicted octanol–water partition coefficient (Wildman–Crippen LogP) is 4.68. The van der Waals surface area contributed by atoms with Crippen LogP contribution in [0.3, 0.4) is 0 Å². The first-order valence-corrected chi connectivity index (χ1v) is 12.6. The van der Waals surface area contributed by atoms with Crippen LogP contribution in [0.4, 0.5) is 31.9 Å². The quantitative estimate of drug-likeness (QED) is 0.304. The van der Waals surface area contributed by atoms with Crippen molar-refractivity contribution in [2.24, 2.45) is 0 Å². The van der Waals surface area contributed by atoms with Crippen LogP contribution in [0.25, 0.3) is 11.1 Å². The van der Waals surface area contributed by atoms with Crippen molar-refractivity contribution in [1.29, 1.82) is 0 Å². The van der Waals surface area contributed by atoms with Gasteiger partial charge in [0.05, 0.1) is 12.2 Å². The van der Waals surface area contributed by atoms with Crippen LogP contribution in [-0.4, -0.2) is 39.4 Å². The minimum absolute atomic E-state index is 0.224. The van der Waals surface area contributed by atoms with Gasteiger partial charge in [-0.05, 0) is 74.3 Å². The Balaban J connectivity index is 1.34. The standard InChI is InChI=1S/C27H28F2N8/c28-20-10-21(29)12-23(11-20)35-27-32-15-25(19-14-33-37(16-19)24-4-7-30-8-5-24)26(36-27)34-22-2-1-17-3-6-31-13-18(17)9-22/h1-2,9-12,14-16,24,30-31H,3-8,13H2,(H2,32,34,35,36). The Morgan fingerprint density at radius 2 is 1.70 bits per heavy atom. The van der Waals surface area contributed by atoms with Gasteiger partial charge in [0, 0.05) is 47.5 Å². The van der Waals surface area contributed by atoms with Gasteiger partial charge in [-0.3, -0.25) is 4.68 Å². The molecule has 0 aliphatic carbocycles. The molecule has 6 rings (SSSR count). The summed E-state index contributed by atoms with van der Waals surface area (Å²) in [4.78, 5) is 9.13. The van der Waals surface area contributed by atoms with Crippen molar-refractivity contribution in [3.63, 3.8) is 0 Å². The molecule has 37 heavy (non-hydrogen) atoms. The number of benzene rings is 2. The number of hydrogen-bond donors (Lipinski definition) is 4. The van der Waals surface area contributed by atoms with Crippen LogP contribution < -0.4 is 21.3 Å². The van der Waals surface area contributed by atoms with Crippen LogP contribution in [0.2, 0.25) is 0 Å². The second-order valence-corrected chi connectivity index (χ2v) is 9.46. The maximum Gasteiger partial charge on any atom is 0.229 e. The number of nitrogens with one attached hydrogen (secondary N) is 4. The molecule has 4 N–H and O–H groups in total. The second kappa shape index (κ2) is 10.2. The number of anilines is 4. The third kappa shape index (κ3) is 5.30. The third-order valence-electron chi connectivity index (χ3n) is 6.86. The number of hydrogen-bond acceptors (Lipinski definition) is 7. The summed E-state index contributed by atoms with van der Waals surface area (Å²) in [5, 5.41) is 17.8. The fraction of sp³-hybridized carbons (Fsp3) is 0.296. The smallest absolute Gasteiger partial charge is 0.229 e. The van der Waals surface area contributed by atoms with Crippen molar-refractivity contribution in [2.75, 3.05) is 30.3 Å². The van der Waals surface area contributed by atoms with Crippen LogP contribution in [0.1, 0.15) is 30.0 Å². The molecule has 0 unspecified atom stereocenters. The van der Waals surface area contributed by atoms with Gasteiger partial charge in [-0.1, -0.05) is 6.07 Å². The van der Waals surface area contributed by atoms with Gasteiger partial charge >= 0.3 is 0 Å². The molecule has 0 amide bonds. The van der Waals surface area contributed by atoms with Gasteiger partial charge in [-0.25, -0.2) is 13.8 Å². The maximum atomic E-state index is 13.7. The van der Waals surface area contributed by atoms with Gasteiger partial charge in [0.15, 0.2) is 0 Å². The number of nitrogens with zero attached hydrogens (tertiary/aromatic N) is 4. The fourth-order valence-corrected chi connectivity index (χ4v) is 4.95. The molecule has 2 aromatic carbocycles. The third-order valence-corrected chi connectivity index (χ3v) is 6.86. The number of piperidine rings is 1. The molecule has 10 heteroatoms. The summed E-state index contributed by atoms with van der Waals surface area (Å²) in [6.45, 7) is 3.75. The average Bonchev–Trinajstić information content (AvgIpc) is 3.39. The van der Waals surface area contributed by atoms with E-state index in [2.05, 4.69) is 43.5 Å². The van der Waals surface area contributed by atoms with E-state index in [0.717, 1.165) is 68.3 Å². The Bertz CT molecular complexity index is 1390. The molecule has 2 aliphatic heterocycles. The average molecular weight is 503 g/mol. The van der Waals surface area contributed by atoms with Gasteiger partial charge in [-0.2, -0.15) is 10.1 Å². The van der Waals surface area contributed by atoms with Crippen LogP contribution in [0.5, 0.6) is 0 Å². The van der Waals surface area contributed by atoms with E-state index in [1.165, 1.54) is 23.3 Å². The van der Waals surface area contributed by atoms with Crippen LogP contribution in [0, 0.1) is 11.6 Å². The van der Waals surface area contributed by atoms with Crippen molar-refractivity contribution in [1.82, 2.24) is 30.4 Å². The van der Waals surface area contributed by atoms with Crippen molar-refractivity contribution in [2.45, 2.75) is 31.8 Å². The van der Waals surface area contributed by atoms with E-state index < -0.39 is 11.6 Å². The molecule has 2 aromatic heterocycles. The summed E-state index contributed by atoms with van der Waals surface area (Å²) >= 11 is 0. The summed E-state index contributed by atoms with van der Waals surface area (Å²) in [6.07, 6.45) is 8.63. The van der Waals surface area contributed by atoms with Crippen LogP contribution in [0.15, 0.2) is 55.0 Å². The maximum absolute atomic E-state index is 13.7. The van der Waals surface area contributed by atoms with Gasteiger partial charge < -0.3 is 21.3 Å². The molecule has 4 aromatic rings. The molecule has 0 bridgehead atoms. The van der Waals surface area contributed by atoms with Gasteiger partial charge in [0.25, 0.3) is 0 Å². The molecular formula is C27H28F2N8. The monoisotopic (exact) mass is 502 g/mol. The first-order chi connectivity index (χ1) is 18.1. The van der Waals surface area contributed by atoms with E-state index in [1.54, 1.807) is 6.20 Å². The lowest BCUT2D eigenvalue weighted by atomic mass is 10.0. The molecule has 2 aliphatic rings. The largest absolute Gasteiger partial charge is 0.340 e. The lowest BCUT2D eigenvalue weighted by Crippen LogP contribution is -2.29. The SMILES string of the molecule is Fc1cc(F)cc(Nc2ncc(-c3cnn(C4CCNCC4)c3)c(Nc3ccc4c(c3)CNCC4)n2)c1. The molecule has 0 atom stereocenters.